The number of hydrogen-bond acceptors (Lipinski definition) is 1. The van der Waals surface area contributed by atoms with Crippen molar-refractivity contribution in [3.63, 3.8) is 0 Å². The molecule has 11 rings (SSSR count). The van der Waals surface area contributed by atoms with E-state index >= 15 is 0 Å². The van der Waals surface area contributed by atoms with Crippen LogP contribution in [0, 0.1) is 0 Å². The summed E-state index contributed by atoms with van der Waals surface area (Å²) in [5, 5.41) is 9.85. The van der Waals surface area contributed by atoms with Crippen molar-refractivity contribution in [1.82, 2.24) is 0 Å². The Kier molecular flexibility index (Phi) is 6.08. The average molecular weight is 663 g/mol. The molecule has 0 amide bonds. The van der Waals surface area contributed by atoms with E-state index in [-0.39, 0.29) is 5.41 Å². The SMILES string of the molecule is CC1(C)c2cc(-c3cccc(-c4c5ccccc5c(-c5ccccc5)c5ccccc45)c3)ccc2-c2c1ccc1oc3c4ccccc4ccc3c21. The normalized spacial score (nSPS) is 13.3. The lowest BCUT2D eigenvalue weighted by Crippen LogP contribution is -2.14. The first kappa shape index (κ1) is 29.3. The fraction of sp³-hybridized carbons (Fsp3) is 0.0588. The van der Waals surface area contributed by atoms with Crippen molar-refractivity contribution in [1.29, 1.82) is 0 Å². The monoisotopic (exact) mass is 662 g/mol. The standard InChI is InChI=1S/C51H34O/c1-51(2)43-27-28-45-49(42-26-23-31-13-6-7-18-36(31)50(42)52-45)48(43)41-25-24-34(30-44(41)51)33-16-12-17-35(29-33)47-39-21-10-8-19-37(39)46(32-14-4-3-5-15-32)38-20-9-11-22-40(38)47/h3-30H,1-2H3. The zero-order valence-electron chi connectivity index (χ0n) is 29.1. The van der Waals surface area contributed by atoms with Crippen LogP contribution in [0.4, 0.5) is 0 Å². The highest BCUT2D eigenvalue weighted by Gasteiger charge is 2.37. The van der Waals surface area contributed by atoms with Gasteiger partial charge in [-0.2, -0.15) is 0 Å². The van der Waals surface area contributed by atoms with E-state index in [1.54, 1.807) is 0 Å². The topological polar surface area (TPSA) is 13.1 Å². The van der Waals surface area contributed by atoms with E-state index in [9.17, 15) is 0 Å². The van der Waals surface area contributed by atoms with Crippen molar-refractivity contribution in [2.24, 2.45) is 0 Å². The van der Waals surface area contributed by atoms with Crippen LogP contribution in [0.25, 0.3) is 98.8 Å². The Bertz CT molecular complexity index is 3030. The lowest BCUT2D eigenvalue weighted by atomic mass is 9.81. The first-order chi connectivity index (χ1) is 25.6. The lowest BCUT2D eigenvalue weighted by molar-refractivity contribution is 0.657. The highest BCUT2D eigenvalue weighted by molar-refractivity contribution is 6.22. The molecule has 0 atom stereocenters. The highest BCUT2D eigenvalue weighted by Crippen LogP contribution is 2.54. The van der Waals surface area contributed by atoms with Gasteiger partial charge in [-0.05, 0) is 107 Å². The molecule has 0 fully saturated rings. The van der Waals surface area contributed by atoms with Crippen LogP contribution in [-0.2, 0) is 5.41 Å². The molecule has 0 saturated carbocycles. The number of hydrogen-bond donors (Lipinski definition) is 0. The second-order valence-corrected chi connectivity index (χ2v) is 14.8. The van der Waals surface area contributed by atoms with Gasteiger partial charge in [0.1, 0.15) is 11.2 Å². The summed E-state index contributed by atoms with van der Waals surface area (Å²) < 4.78 is 6.62. The van der Waals surface area contributed by atoms with Gasteiger partial charge in [-0.1, -0.05) is 159 Å². The third-order valence-corrected chi connectivity index (χ3v) is 11.6. The molecule has 0 bridgehead atoms. The second kappa shape index (κ2) is 10.8. The van der Waals surface area contributed by atoms with E-state index in [0.29, 0.717) is 0 Å². The molecule has 1 heterocycles. The Hall–Kier alpha value is -6.44. The Balaban J connectivity index is 1.09. The summed E-state index contributed by atoms with van der Waals surface area (Å²) in [6.45, 7) is 4.74. The summed E-state index contributed by atoms with van der Waals surface area (Å²) in [5.74, 6) is 0. The van der Waals surface area contributed by atoms with Crippen LogP contribution in [0.5, 0.6) is 0 Å². The van der Waals surface area contributed by atoms with E-state index in [4.69, 9.17) is 4.42 Å². The van der Waals surface area contributed by atoms with Gasteiger partial charge >= 0.3 is 0 Å². The van der Waals surface area contributed by atoms with Crippen molar-refractivity contribution in [2.45, 2.75) is 19.3 Å². The van der Waals surface area contributed by atoms with Gasteiger partial charge in [0, 0.05) is 21.6 Å². The minimum absolute atomic E-state index is 0.160. The molecule has 244 valence electrons. The number of rotatable bonds is 3. The summed E-state index contributed by atoms with van der Waals surface area (Å²) in [6.07, 6.45) is 0. The zero-order chi connectivity index (χ0) is 34.6. The van der Waals surface area contributed by atoms with Gasteiger partial charge in [-0.25, -0.2) is 0 Å². The number of furan rings is 1. The van der Waals surface area contributed by atoms with Gasteiger partial charge in [-0.15, -0.1) is 0 Å². The molecular formula is C51H34O. The van der Waals surface area contributed by atoms with Crippen molar-refractivity contribution in [3.8, 4) is 44.5 Å². The van der Waals surface area contributed by atoms with Crippen LogP contribution < -0.4 is 0 Å². The fourth-order valence-electron chi connectivity index (χ4n) is 9.21. The Morgan fingerprint density at radius 2 is 0.981 bits per heavy atom. The summed E-state index contributed by atoms with van der Waals surface area (Å²) in [4.78, 5) is 0. The van der Waals surface area contributed by atoms with Crippen molar-refractivity contribution in [2.75, 3.05) is 0 Å². The highest BCUT2D eigenvalue weighted by atomic mass is 16.3. The molecule has 52 heavy (non-hydrogen) atoms. The molecule has 1 aliphatic rings. The molecule has 0 saturated heterocycles. The third kappa shape index (κ3) is 4.05. The van der Waals surface area contributed by atoms with Crippen LogP contribution >= 0.6 is 0 Å². The van der Waals surface area contributed by atoms with Crippen LogP contribution in [0.15, 0.2) is 174 Å². The summed E-state index contributed by atoms with van der Waals surface area (Å²) >= 11 is 0. The molecular weight excluding hydrogens is 629 g/mol. The van der Waals surface area contributed by atoms with Gasteiger partial charge in [0.25, 0.3) is 0 Å². The molecule has 0 spiro atoms. The van der Waals surface area contributed by atoms with E-state index in [0.717, 1.165) is 16.6 Å². The molecule has 0 aliphatic heterocycles. The summed E-state index contributed by atoms with van der Waals surface area (Å²) in [5.41, 5.74) is 14.6. The van der Waals surface area contributed by atoms with Gasteiger partial charge < -0.3 is 4.42 Å². The summed E-state index contributed by atoms with van der Waals surface area (Å²) in [7, 11) is 0. The van der Waals surface area contributed by atoms with Crippen LogP contribution in [0.1, 0.15) is 25.0 Å². The van der Waals surface area contributed by atoms with Gasteiger partial charge in [0.2, 0.25) is 0 Å². The van der Waals surface area contributed by atoms with Gasteiger partial charge in [-0.3, -0.25) is 0 Å². The maximum absolute atomic E-state index is 6.62. The third-order valence-electron chi connectivity index (χ3n) is 11.6. The van der Waals surface area contributed by atoms with Crippen LogP contribution in [0.2, 0.25) is 0 Å². The molecule has 10 aromatic rings. The Morgan fingerprint density at radius 1 is 0.385 bits per heavy atom. The average Bonchev–Trinajstić information content (AvgIpc) is 3.69. The predicted molar refractivity (Wildman–Crippen MR) is 220 cm³/mol. The molecule has 0 radical (unpaired) electrons. The molecule has 0 unspecified atom stereocenters. The zero-order valence-corrected chi connectivity index (χ0v) is 29.1. The maximum atomic E-state index is 6.62. The minimum Gasteiger partial charge on any atom is -0.455 e. The van der Waals surface area contributed by atoms with E-state index in [1.807, 2.05) is 0 Å². The lowest BCUT2D eigenvalue weighted by Gasteiger charge is -2.22. The minimum atomic E-state index is -0.160. The molecule has 1 heteroatoms. The second-order valence-electron chi connectivity index (χ2n) is 14.8. The van der Waals surface area contributed by atoms with E-state index in [2.05, 4.69) is 184 Å². The van der Waals surface area contributed by atoms with Crippen molar-refractivity contribution >= 4 is 54.3 Å². The van der Waals surface area contributed by atoms with E-state index < -0.39 is 0 Å². The summed E-state index contributed by atoms with van der Waals surface area (Å²) in [6, 6.07) is 62.3. The molecule has 0 N–H and O–H groups in total. The number of benzene rings is 9. The Morgan fingerprint density at radius 3 is 1.71 bits per heavy atom. The largest absolute Gasteiger partial charge is 0.455 e. The number of fused-ring (bicyclic) bond motifs is 11. The first-order valence-electron chi connectivity index (χ1n) is 18.2. The predicted octanol–water partition coefficient (Wildman–Crippen LogP) is 14.4. The van der Waals surface area contributed by atoms with Crippen LogP contribution in [-0.4, -0.2) is 0 Å². The Labute approximate surface area is 302 Å². The van der Waals surface area contributed by atoms with Gasteiger partial charge in [0.05, 0.1) is 0 Å². The molecule has 9 aromatic carbocycles. The molecule has 1 aliphatic carbocycles. The fourth-order valence-corrected chi connectivity index (χ4v) is 9.21. The molecule has 1 nitrogen and oxygen atoms in total. The van der Waals surface area contributed by atoms with Crippen LogP contribution in [0.3, 0.4) is 0 Å². The van der Waals surface area contributed by atoms with Crippen molar-refractivity contribution < 1.29 is 4.42 Å². The maximum Gasteiger partial charge on any atom is 0.143 e. The molecule has 1 aromatic heterocycles. The quantitative estimate of drug-likeness (QED) is 0.172. The first-order valence-corrected chi connectivity index (χ1v) is 18.2. The smallest absolute Gasteiger partial charge is 0.143 e. The van der Waals surface area contributed by atoms with Gasteiger partial charge in [0.15, 0.2) is 0 Å². The van der Waals surface area contributed by atoms with E-state index in [1.165, 1.54) is 93.3 Å². The van der Waals surface area contributed by atoms with Crippen molar-refractivity contribution in [3.05, 3.63) is 181 Å².